The van der Waals surface area contributed by atoms with Crippen LogP contribution in [0.3, 0.4) is 0 Å². The van der Waals surface area contributed by atoms with Gasteiger partial charge in [0.05, 0.1) is 0 Å². The Morgan fingerprint density at radius 1 is 0.870 bits per heavy atom. The SMILES string of the molecule is C=C(C)/C=C\C(=C)CC.Cc1ccc(Cc2ccccc2)cc1. The van der Waals surface area contributed by atoms with Gasteiger partial charge >= 0.3 is 0 Å². The van der Waals surface area contributed by atoms with Crippen molar-refractivity contribution in [2.45, 2.75) is 33.6 Å². The predicted molar refractivity (Wildman–Crippen MR) is 104 cm³/mol. The van der Waals surface area contributed by atoms with Crippen molar-refractivity contribution in [3.8, 4) is 0 Å². The normalized spacial score (nSPS) is 10.0. The fourth-order valence-electron chi connectivity index (χ4n) is 1.92. The van der Waals surface area contributed by atoms with E-state index in [2.05, 4.69) is 81.6 Å². The zero-order valence-electron chi connectivity index (χ0n) is 14.7. The van der Waals surface area contributed by atoms with Gasteiger partial charge in [0.15, 0.2) is 0 Å². The summed E-state index contributed by atoms with van der Waals surface area (Å²) in [5.74, 6) is 0. The van der Waals surface area contributed by atoms with E-state index in [9.17, 15) is 0 Å². The average Bonchev–Trinajstić information content (AvgIpc) is 2.56. The molecule has 0 heteroatoms. The van der Waals surface area contributed by atoms with Gasteiger partial charge in [0.1, 0.15) is 0 Å². The lowest BCUT2D eigenvalue weighted by atomic mass is 10.0. The van der Waals surface area contributed by atoms with Crippen molar-refractivity contribution in [2.24, 2.45) is 0 Å². The molecule has 0 saturated heterocycles. The molecule has 0 saturated carbocycles. The van der Waals surface area contributed by atoms with Crippen LogP contribution < -0.4 is 0 Å². The predicted octanol–water partition coefficient (Wildman–Crippen LogP) is 6.67. The van der Waals surface area contributed by atoms with Gasteiger partial charge in [-0.15, -0.1) is 0 Å². The van der Waals surface area contributed by atoms with Crippen LogP contribution in [-0.4, -0.2) is 0 Å². The molecule has 0 unspecified atom stereocenters. The second-order valence-electron chi connectivity index (χ2n) is 5.84. The summed E-state index contributed by atoms with van der Waals surface area (Å²) in [4.78, 5) is 0. The molecule has 0 spiro atoms. The van der Waals surface area contributed by atoms with Crippen molar-refractivity contribution in [2.75, 3.05) is 0 Å². The van der Waals surface area contributed by atoms with Gasteiger partial charge in [-0.25, -0.2) is 0 Å². The number of hydrogen-bond acceptors (Lipinski definition) is 0. The molecule has 0 aromatic heterocycles. The van der Waals surface area contributed by atoms with Crippen LogP contribution in [0.25, 0.3) is 0 Å². The van der Waals surface area contributed by atoms with Crippen LogP contribution in [0.2, 0.25) is 0 Å². The van der Waals surface area contributed by atoms with E-state index in [1.54, 1.807) is 0 Å². The molecule has 2 aromatic rings. The Bertz CT molecular complexity index is 627. The molecule has 0 amide bonds. The molecule has 120 valence electrons. The summed E-state index contributed by atoms with van der Waals surface area (Å²) in [5.41, 5.74) is 6.29. The van der Waals surface area contributed by atoms with Crippen LogP contribution in [0.15, 0.2) is 91.1 Å². The van der Waals surface area contributed by atoms with E-state index >= 15 is 0 Å². The van der Waals surface area contributed by atoms with E-state index in [0.29, 0.717) is 0 Å². The van der Waals surface area contributed by atoms with Crippen molar-refractivity contribution < 1.29 is 0 Å². The third kappa shape index (κ3) is 8.63. The third-order valence-electron chi connectivity index (χ3n) is 3.43. The number of allylic oxidation sites excluding steroid dienone is 4. The fourth-order valence-corrected chi connectivity index (χ4v) is 1.92. The molecule has 0 nitrogen and oxygen atoms in total. The standard InChI is InChI=1S/C14H14.C9H14/c1-12-7-9-14(10-8-12)11-13-5-3-2-4-6-13;1-5-9(4)7-6-8(2)3/h2-10H,11H2,1H3;6-7H,2,4-5H2,1,3H3/b;7-6-. The summed E-state index contributed by atoms with van der Waals surface area (Å²) in [6.45, 7) is 13.7. The lowest BCUT2D eigenvalue weighted by Crippen LogP contribution is -1.86. The molecule has 0 aliphatic heterocycles. The van der Waals surface area contributed by atoms with E-state index in [0.717, 1.165) is 24.0 Å². The maximum absolute atomic E-state index is 3.82. The van der Waals surface area contributed by atoms with Gasteiger partial charge in [-0.2, -0.15) is 0 Å². The maximum Gasteiger partial charge on any atom is -0.00258 e. The summed E-state index contributed by atoms with van der Waals surface area (Å²) < 4.78 is 0. The highest BCUT2D eigenvalue weighted by molar-refractivity contribution is 5.28. The summed E-state index contributed by atoms with van der Waals surface area (Å²) in [7, 11) is 0. The zero-order chi connectivity index (χ0) is 17.1. The van der Waals surface area contributed by atoms with E-state index in [-0.39, 0.29) is 0 Å². The minimum atomic E-state index is 1.02. The molecule has 0 bridgehead atoms. The van der Waals surface area contributed by atoms with Crippen LogP contribution in [0.4, 0.5) is 0 Å². The molecule has 0 radical (unpaired) electrons. The summed E-state index contributed by atoms with van der Waals surface area (Å²) in [5, 5.41) is 0. The second-order valence-corrected chi connectivity index (χ2v) is 5.84. The lowest BCUT2D eigenvalue weighted by Gasteiger charge is -2.01. The average molecular weight is 304 g/mol. The second kappa shape index (κ2) is 10.4. The van der Waals surface area contributed by atoms with Gasteiger partial charge in [-0.3, -0.25) is 0 Å². The molecule has 0 heterocycles. The van der Waals surface area contributed by atoms with Crippen molar-refractivity contribution in [1.82, 2.24) is 0 Å². The first kappa shape index (κ1) is 18.7. The highest BCUT2D eigenvalue weighted by atomic mass is 14.0. The maximum atomic E-state index is 3.82. The highest BCUT2D eigenvalue weighted by Gasteiger charge is 1.94. The monoisotopic (exact) mass is 304 g/mol. The molecule has 2 aromatic carbocycles. The smallest absolute Gasteiger partial charge is 0.00258 e. The Morgan fingerprint density at radius 2 is 1.43 bits per heavy atom. The van der Waals surface area contributed by atoms with Gasteiger partial charge in [0, 0.05) is 0 Å². The first-order valence-corrected chi connectivity index (χ1v) is 8.12. The topological polar surface area (TPSA) is 0 Å². The molecule has 2 rings (SSSR count). The van der Waals surface area contributed by atoms with Gasteiger partial charge in [-0.05, 0) is 37.8 Å². The van der Waals surface area contributed by atoms with Gasteiger partial charge in [0.2, 0.25) is 0 Å². The van der Waals surface area contributed by atoms with Crippen molar-refractivity contribution >= 4 is 0 Å². The van der Waals surface area contributed by atoms with Crippen molar-refractivity contribution in [1.29, 1.82) is 0 Å². The fraction of sp³-hybridized carbons (Fsp3) is 0.217. The Kier molecular flexibility index (Phi) is 8.46. The van der Waals surface area contributed by atoms with Crippen molar-refractivity contribution in [3.05, 3.63) is 108 Å². The number of hydrogen-bond donors (Lipinski definition) is 0. The molecule has 0 aliphatic rings. The van der Waals surface area contributed by atoms with E-state index in [1.807, 2.05) is 19.1 Å². The quantitative estimate of drug-likeness (QED) is 0.541. The van der Waals surface area contributed by atoms with Crippen LogP contribution in [0.5, 0.6) is 0 Å². The number of aryl methyl sites for hydroxylation is 1. The highest BCUT2D eigenvalue weighted by Crippen LogP contribution is 2.09. The van der Waals surface area contributed by atoms with E-state index < -0.39 is 0 Å². The summed E-state index contributed by atoms with van der Waals surface area (Å²) in [6, 6.07) is 19.3. The summed E-state index contributed by atoms with van der Waals surface area (Å²) >= 11 is 0. The van der Waals surface area contributed by atoms with E-state index in [1.165, 1.54) is 16.7 Å². The van der Waals surface area contributed by atoms with Crippen LogP contribution >= 0.6 is 0 Å². The van der Waals surface area contributed by atoms with Gasteiger partial charge < -0.3 is 0 Å². The van der Waals surface area contributed by atoms with Crippen LogP contribution in [-0.2, 0) is 6.42 Å². The van der Waals surface area contributed by atoms with Gasteiger partial charge in [0.25, 0.3) is 0 Å². The Labute approximate surface area is 141 Å². The van der Waals surface area contributed by atoms with Crippen molar-refractivity contribution in [3.63, 3.8) is 0 Å². The molecular formula is C23H28. The molecule has 0 fully saturated rings. The molecular weight excluding hydrogens is 276 g/mol. The zero-order valence-corrected chi connectivity index (χ0v) is 14.7. The lowest BCUT2D eigenvalue weighted by molar-refractivity contribution is 1.16. The number of benzene rings is 2. The Balaban J connectivity index is 0.000000257. The minimum Gasteiger partial charge on any atom is -0.0961 e. The minimum absolute atomic E-state index is 1.02. The number of rotatable bonds is 5. The Hall–Kier alpha value is -2.34. The van der Waals surface area contributed by atoms with Crippen LogP contribution in [0.1, 0.15) is 37.0 Å². The third-order valence-corrected chi connectivity index (χ3v) is 3.43. The molecule has 0 N–H and O–H groups in total. The molecule has 0 atom stereocenters. The first-order chi connectivity index (χ1) is 11.0. The summed E-state index contributed by atoms with van der Waals surface area (Å²) in [6.07, 6.45) is 6.03. The first-order valence-electron chi connectivity index (χ1n) is 8.12. The van der Waals surface area contributed by atoms with E-state index in [4.69, 9.17) is 0 Å². The molecule has 23 heavy (non-hydrogen) atoms. The van der Waals surface area contributed by atoms with Crippen LogP contribution in [0, 0.1) is 6.92 Å². The van der Waals surface area contributed by atoms with Gasteiger partial charge in [-0.1, -0.05) is 104 Å². The molecule has 0 aliphatic carbocycles. The Morgan fingerprint density at radius 3 is 1.96 bits per heavy atom. The largest absolute Gasteiger partial charge is 0.0961 e.